The number of halogens is 1. The summed E-state index contributed by atoms with van der Waals surface area (Å²) in [6, 6.07) is 17.4. The zero-order valence-corrected chi connectivity index (χ0v) is 22.2. The Morgan fingerprint density at radius 2 is 1.89 bits per heavy atom. The number of benzene rings is 2. The van der Waals surface area contributed by atoms with Crippen LogP contribution in [0.2, 0.25) is 0 Å². The van der Waals surface area contributed by atoms with Crippen molar-refractivity contribution in [3.63, 3.8) is 0 Å². The van der Waals surface area contributed by atoms with Gasteiger partial charge in [0.2, 0.25) is 0 Å². The number of rotatable bonds is 8. The van der Waals surface area contributed by atoms with Gasteiger partial charge in [-0.1, -0.05) is 42.0 Å². The highest BCUT2D eigenvalue weighted by atomic mass is 32.1. The Hall–Kier alpha value is -3.40. The lowest BCUT2D eigenvalue weighted by molar-refractivity contribution is -0.133. The third-order valence-electron chi connectivity index (χ3n) is 6.91. The van der Waals surface area contributed by atoms with Crippen molar-refractivity contribution in [2.45, 2.75) is 19.4 Å². The number of morpholine rings is 1. The van der Waals surface area contributed by atoms with Gasteiger partial charge in [0.15, 0.2) is 0 Å². The second kappa shape index (κ2) is 12.0. The highest BCUT2D eigenvalue weighted by Gasteiger charge is 2.35. The summed E-state index contributed by atoms with van der Waals surface area (Å²) in [6.45, 7) is 5.64. The largest absolute Gasteiger partial charge is 0.379 e. The molecule has 3 heterocycles. The Balaban J connectivity index is 1.39. The van der Waals surface area contributed by atoms with Crippen LogP contribution in [0, 0.1) is 12.7 Å². The van der Waals surface area contributed by atoms with Crippen molar-refractivity contribution in [3.05, 3.63) is 93.4 Å². The Morgan fingerprint density at radius 1 is 1.11 bits per heavy atom. The third-order valence-corrected chi connectivity index (χ3v) is 7.83. The Kier molecular flexibility index (Phi) is 8.26. The van der Waals surface area contributed by atoms with E-state index in [1.807, 2.05) is 48.7 Å². The fourth-order valence-corrected chi connectivity index (χ4v) is 5.48. The summed E-state index contributed by atoms with van der Waals surface area (Å²) < 4.78 is 19.4. The molecule has 3 aromatic rings. The average Bonchev–Trinajstić information content (AvgIpc) is 3.62. The number of ether oxygens (including phenoxy) is 1. The average molecular weight is 535 g/mol. The van der Waals surface area contributed by atoms with Gasteiger partial charge in [0.1, 0.15) is 12.4 Å². The predicted molar refractivity (Wildman–Crippen MR) is 146 cm³/mol. The van der Waals surface area contributed by atoms with Crippen LogP contribution in [0.3, 0.4) is 0 Å². The lowest BCUT2D eigenvalue weighted by atomic mass is 10.00. The molecular formula is C29H31FN4O3S. The molecule has 2 aromatic carbocycles. The van der Waals surface area contributed by atoms with Crippen molar-refractivity contribution in [2.24, 2.45) is 5.10 Å². The highest BCUT2D eigenvalue weighted by Crippen LogP contribution is 2.34. The first-order valence-electron chi connectivity index (χ1n) is 12.8. The summed E-state index contributed by atoms with van der Waals surface area (Å²) in [7, 11) is 0. The van der Waals surface area contributed by atoms with Gasteiger partial charge in [-0.05, 0) is 42.1 Å². The molecule has 7 nitrogen and oxygen atoms in total. The van der Waals surface area contributed by atoms with E-state index in [0.29, 0.717) is 32.7 Å². The lowest BCUT2D eigenvalue weighted by Gasteiger charge is -2.31. The molecule has 2 aliphatic heterocycles. The van der Waals surface area contributed by atoms with Crippen LogP contribution >= 0.6 is 11.3 Å². The first-order valence-corrected chi connectivity index (χ1v) is 13.7. The zero-order valence-electron chi connectivity index (χ0n) is 21.4. The number of carbonyl (C=O) groups excluding carboxylic acids is 2. The normalized spacial score (nSPS) is 17.9. The standard InChI is InChI=1S/C29H31FN4O3S/c1-21-7-9-22(10-8-21)26-19-25(27-6-3-17-38-27)31-34(26)28(35)20-33(12-11-32-13-15-37-16-14-32)29(36)23-4-2-5-24(30)18-23/h2-10,17-18,26H,11-16,19-20H2,1H3/t26-/m1/s1. The van der Waals surface area contributed by atoms with E-state index in [0.717, 1.165) is 34.8 Å². The van der Waals surface area contributed by atoms with Crippen LogP contribution in [0.15, 0.2) is 71.1 Å². The maximum Gasteiger partial charge on any atom is 0.262 e. The number of nitrogens with zero attached hydrogens (tertiary/aromatic N) is 4. The van der Waals surface area contributed by atoms with E-state index in [1.165, 1.54) is 28.1 Å². The van der Waals surface area contributed by atoms with Gasteiger partial charge in [-0.15, -0.1) is 11.3 Å². The summed E-state index contributed by atoms with van der Waals surface area (Å²) in [4.78, 5) is 32.0. The smallest absolute Gasteiger partial charge is 0.262 e. The summed E-state index contributed by atoms with van der Waals surface area (Å²) in [5, 5.41) is 8.27. The van der Waals surface area contributed by atoms with E-state index < -0.39 is 5.82 Å². The molecular weight excluding hydrogens is 503 g/mol. The second-order valence-corrected chi connectivity index (χ2v) is 10.5. The SMILES string of the molecule is Cc1ccc([C@H]2CC(c3cccs3)=NN2C(=O)CN(CCN2CCOCC2)C(=O)c2cccc(F)c2)cc1. The van der Waals surface area contributed by atoms with Crippen LogP contribution in [0.25, 0.3) is 0 Å². The van der Waals surface area contributed by atoms with Crippen LogP contribution in [0.1, 0.15) is 38.8 Å². The number of hydrogen-bond donors (Lipinski definition) is 0. The maximum absolute atomic E-state index is 13.9. The molecule has 0 spiro atoms. The zero-order chi connectivity index (χ0) is 26.5. The third kappa shape index (κ3) is 6.18. The van der Waals surface area contributed by atoms with Crippen molar-refractivity contribution in [1.82, 2.24) is 14.8 Å². The van der Waals surface area contributed by atoms with Crippen molar-refractivity contribution < 1.29 is 18.7 Å². The van der Waals surface area contributed by atoms with Gasteiger partial charge in [0.25, 0.3) is 11.8 Å². The molecule has 38 heavy (non-hydrogen) atoms. The summed E-state index contributed by atoms with van der Waals surface area (Å²) in [5.74, 6) is -1.13. The lowest BCUT2D eigenvalue weighted by Crippen LogP contribution is -2.46. The molecule has 198 valence electrons. The minimum Gasteiger partial charge on any atom is -0.379 e. The fraction of sp³-hybridized carbons (Fsp3) is 0.345. The molecule has 0 aliphatic carbocycles. The molecule has 9 heteroatoms. The number of amides is 2. The Morgan fingerprint density at radius 3 is 2.61 bits per heavy atom. The molecule has 1 fully saturated rings. The summed E-state index contributed by atoms with van der Waals surface area (Å²) in [6.07, 6.45) is 0.598. The van der Waals surface area contributed by atoms with Crippen LogP contribution in [0.5, 0.6) is 0 Å². The van der Waals surface area contributed by atoms with Gasteiger partial charge in [-0.2, -0.15) is 5.10 Å². The second-order valence-electron chi connectivity index (χ2n) is 9.58. The van der Waals surface area contributed by atoms with Crippen molar-refractivity contribution >= 4 is 28.9 Å². The van der Waals surface area contributed by atoms with Crippen LogP contribution in [-0.2, 0) is 9.53 Å². The molecule has 0 unspecified atom stereocenters. The number of hydrogen-bond acceptors (Lipinski definition) is 6. The predicted octanol–water partition coefficient (Wildman–Crippen LogP) is 4.35. The molecule has 0 radical (unpaired) electrons. The monoisotopic (exact) mass is 534 g/mol. The van der Waals surface area contributed by atoms with E-state index >= 15 is 0 Å². The van der Waals surface area contributed by atoms with Gasteiger partial charge in [-0.3, -0.25) is 14.5 Å². The molecule has 2 aliphatic rings. The maximum atomic E-state index is 13.9. The molecule has 1 aromatic heterocycles. The topological polar surface area (TPSA) is 65.5 Å². The van der Waals surface area contributed by atoms with E-state index in [1.54, 1.807) is 17.4 Å². The van der Waals surface area contributed by atoms with Gasteiger partial charge in [0, 0.05) is 38.2 Å². The van der Waals surface area contributed by atoms with Gasteiger partial charge >= 0.3 is 0 Å². The fourth-order valence-electron chi connectivity index (χ4n) is 4.76. The molecule has 0 N–H and O–H groups in total. The van der Waals surface area contributed by atoms with Crippen molar-refractivity contribution in [3.8, 4) is 0 Å². The van der Waals surface area contributed by atoms with Crippen molar-refractivity contribution in [2.75, 3.05) is 45.9 Å². The van der Waals surface area contributed by atoms with Crippen LogP contribution < -0.4 is 0 Å². The molecule has 2 amide bonds. The Bertz CT molecular complexity index is 1290. The first kappa shape index (κ1) is 26.2. The minimum atomic E-state index is -0.487. The van der Waals surface area contributed by atoms with Gasteiger partial charge in [0.05, 0.1) is 29.8 Å². The van der Waals surface area contributed by atoms with Gasteiger partial charge < -0.3 is 9.64 Å². The number of thiophene rings is 1. The molecule has 5 rings (SSSR count). The van der Waals surface area contributed by atoms with Crippen LogP contribution in [-0.4, -0.2) is 78.3 Å². The van der Waals surface area contributed by atoms with Gasteiger partial charge in [-0.25, -0.2) is 9.40 Å². The molecule has 1 atom stereocenters. The Labute approximate surface area is 226 Å². The van der Waals surface area contributed by atoms with E-state index in [9.17, 15) is 14.0 Å². The van der Waals surface area contributed by atoms with E-state index in [-0.39, 0.29) is 30.0 Å². The number of carbonyl (C=O) groups is 2. The van der Waals surface area contributed by atoms with E-state index in [2.05, 4.69) is 4.90 Å². The minimum absolute atomic E-state index is 0.150. The summed E-state index contributed by atoms with van der Waals surface area (Å²) in [5.41, 5.74) is 3.21. The first-order chi connectivity index (χ1) is 18.5. The quantitative estimate of drug-likeness (QED) is 0.431. The highest BCUT2D eigenvalue weighted by molar-refractivity contribution is 7.12. The number of hydrazone groups is 1. The molecule has 0 bridgehead atoms. The van der Waals surface area contributed by atoms with Crippen LogP contribution in [0.4, 0.5) is 4.39 Å². The molecule has 0 saturated carbocycles. The molecule has 1 saturated heterocycles. The van der Waals surface area contributed by atoms with Crippen molar-refractivity contribution in [1.29, 1.82) is 0 Å². The summed E-state index contributed by atoms with van der Waals surface area (Å²) >= 11 is 1.59. The van der Waals surface area contributed by atoms with E-state index in [4.69, 9.17) is 9.84 Å². The number of aryl methyl sites for hydroxylation is 1.